The maximum absolute atomic E-state index is 11.1. The van der Waals surface area contributed by atoms with Crippen molar-refractivity contribution in [2.24, 2.45) is 0 Å². The van der Waals surface area contributed by atoms with Gasteiger partial charge in [0.25, 0.3) is 0 Å². The third-order valence-electron chi connectivity index (χ3n) is 13.6. The summed E-state index contributed by atoms with van der Waals surface area (Å²) in [5.41, 5.74) is 26.6. The number of hydrogen-bond acceptors (Lipinski definition) is 6. The summed E-state index contributed by atoms with van der Waals surface area (Å²) in [6.45, 7) is 60.2. The van der Waals surface area contributed by atoms with Gasteiger partial charge in [0.1, 0.15) is 0 Å². The molecule has 8 aromatic carbocycles. The van der Waals surface area contributed by atoms with Gasteiger partial charge in [-0.05, 0) is 239 Å². The van der Waals surface area contributed by atoms with Crippen LogP contribution in [0.25, 0.3) is 34.6 Å². The Bertz CT molecular complexity index is 2950. The summed E-state index contributed by atoms with van der Waals surface area (Å²) in [6, 6.07) is 44.6. The molecule has 0 unspecified atom stereocenters. The Morgan fingerprint density at radius 3 is 0.367 bits per heavy atom. The Hall–Kier alpha value is -4.48. The van der Waals surface area contributed by atoms with E-state index in [1.165, 1.54) is 44.5 Å². The maximum atomic E-state index is 11.1. The summed E-state index contributed by atoms with van der Waals surface area (Å²) in [6.07, 6.45) is 0. The van der Waals surface area contributed by atoms with E-state index in [1.54, 1.807) is 0 Å². The first-order chi connectivity index (χ1) is 39.9. The van der Waals surface area contributed by atoms with Crippen molar-refractivity contribution in [2.45, 2.75) is 138 Å². The molecule has 0 amide bonds. The molecule has 6 nitrogen and oxygen atoms in total. The molecule has 0 fully saturated rings. The Kier molecular flexibility index (Phi) is 46.7. The van der Waals surface area contributed by atoms with Gasteiger partial charge in [0, 0.05) is 0 Å². The van der Waals surface area contributed by atoms with Crippen LogP contribution in [0.2, 0.25) is 0 Å². The molecule has 0 spiro atoms. The van der Waals surface area contributed by atoms with Crippen molar-refractivity contribution in [3.8, 4) is 0 Å². The fourth-order valence-electron chi connectivity index (χ4n) is 10.8. The van der Waals surface area contributed by atoms with E-state index < -0.39 is 0 Å². The molecule has 0 saturated heterocycles. The predicted octanol–water partition coefficient (Wildman–Crippen LogP) is 9.65. The van der Waals surface area contributed by atoms with Crippen LogP contribution < -0.4 is 133 Å². The standard InChI is InChI=1S/6C11H14O.2C7H8.2K.2Zn/c6*1-7-5-8(2)11(10(4)12)9(3)6-7;2*1-7-5-3-2-4-6-7;;;;/h6*5-6,12H,4H2,1-3H3;2*2-6H,1H3;;;;/q;;;;;;;;2*+1;2*+2/p-6. The average molecular weight is 1360 g/mol. The molecule has 0 heterocycles. The van der Waals surface area contributed by atoms with Crippen LogP contribution in [0.15, 0.2) is 173 Å². The molecule has 0 saturated carbocycles. The third kappa shape index (κ3) is 32.9. The number of rotatable bonds is 6. The molecule has 0 bridgehead atoms. The van der Waals surface area contributed by atoms with Crippen molar-refractivity contribution in [2.75, 3.05) is 0 Å². The van der Waals surface area contributed by atoms with E-state index in [0.29, 0.717) is 0 Å². The van der Waals surface area contributed by atoms with Gasteiger partial charge < -0.3 is 30.6 Å². The van der Waals surface area contributed by atoms with E-state index in [-0.39, 0.29) is 176 Å². The predicted molar refractivity (Wildman–Crippen MR) is 360 cm³/mol. The monoisotopic (exact) mass is 1360 g/mol. The first-order valence-electron chi connectivity index (χ1n) is 28.6. The van der Waals surface area contributed by atoms with Crippen molar-refractivity contribution < 1.29 is 172 Å². The number of benzene rings is 8. The second kappa shape index (κ2) is 45.8. The van der Waals surface area contributed by atoms with E-state index in [4.69, 9.17) is 0 Å². The third-order valence-corrected chi connectivity index (χ3v) is 13.6. The number of aryl methyl sites for hydroxylation is 20. The van der Waals surface area contributed by atoms with Crippen LogP contribution in [-0.4, -0.2) is 0 Å². The van der Waals surface area contributed by atoms with Crippen LogP contribution in [-0.2, 0) is 39.0 Å². The van der Waals surface area contributed by atoms with E-state index in [9.17, 15) is 30.6 Å². The molecule has 10 heteroatoms. The van der Waals surface area contributed by atoms with E-state index in [0.717, 1.165) is 100 Å². The molecular formula is C80H94K2O6Zn2. The molecule has 0 N–H and O–H groups in total. The fraction of sp³-hybridized carbons (Fsp3) is 0.250. The van der Waals surface area contributed by atoms with E-state index in [2.05, 4.69) is 77.6 Å². The van der Waals surface area contributed by atoms with Crippen LogP contribution in [0.1, 0.15) is 145 Å². The van der Waals surface area contributed by atoms with Gasteiger partial charge in [-0.15, -0.1) is 74.0 Å². The summed E-state index contributed by atoms with van der Waals surface area (Å²) < 4.78 is 0. The molecule has 8 rings (SSSR count). The Balaban J connectivity index is -0.000000469. The summed E-state index contributed by atoms with van der Waals surface area (Å²) >= 11 is 0. The minimum atomic E-state index is -0.0926. The first kappa shape index (κ1) is 91.9. The summed E-state index contributed by atoms with van der Waals surface area (Å²) in [5, 5.41) is 66.5. The average Bonchev–Trinajstić information content (AvgIpc) is 1.83. The Morgan fingerprint density at radius 2 is 0.300 bits per heavy atom. The van der Waals surface area contributed by atoms with Crippen LogP contribution in [0.4, 0.5) is 0 Å². The van der Waals surface area contributed by atoms with Gasteiger partial charge in [-0.1, -0.05) is 178 Å². The molecule has 0 aromatic heterocycles. The van der Waals surface area contributed by atoms with Gasteiger partial charge in [-0.2, -0.15) is 0 Å². The van der Waals surface area contributed by atoms with Crippen LogP contribution in [0, 0.1) is 138 Å². The molecule has 0 aliphatic heterocycles. The molecule has 0 aliphatic rings. The summed E-state index contributed by atoms with van der Waals surface area (Å²) in [7, 11) is 0. The maximum Gasteiger partial charge on any atom is 2.00 e. The quantitative estimate of drug-likeness (QED) is 0.120. The Labute approximate surface area is 654 Å². The molecule has 90 heavy (non-hydrogen) atoms. The van der Waals surface area contributed by atoms with Crippen LogP contribution in [0.5, 0.6) is 0 Å². The van der Waals surface area contributed by atoms with E-state index in [1.807, 2.05) is 234 Å². The van der Waals surface area contributed by atoms with Gasteiger partial charge in [0.2, 0.25) is 0 Å². The molecule has 8 aromatic rings. The molecule has 456 valence electrons. The van der Waals surface area contributed by atoms with Crippen LogP contribution in [0.3, 0.4) is 0 Å². The minimum Gasteiger partial charge on any atom is -0.872 e. The molecular weight excluding hydrogens is 1270 g/mol. The second-order valence-corrected chi connectivity index (χ2v) is 22.5. The Morgan fingerprint density at radius 1 is 0.200 bits per heavy atom. The molecule has 0 aliphatic carbocycles. The van der Waals surface area contributed by atoms with Crippen molar-refractivity contribution in [3.63, 3.8) is 0 Å². The van der Waals surface area contributed by atoms with Gasteiger partial charge >= 0.3 is 142 Å². The van der Waals surface area contributed by atoms with Crippen molar-refractivity contribution in [1.82, 2.24) is 0 Å². The largest absolute Gasteiger partial charge is 2.00 e. The summed E-state index contributed by atoms with van der Waals surface area (Å²) in [5.74, 6) is -0.556. The normalized spacial score (nSPS) is 9.29. The SMILES string of the molecule is C=C([O-])c1c(C)cc(C)cc1C.C=C([O-])c1c(C)cc(C)cc1C.C=C([O-])c1c(C)cc(C)cc1C.C=C([O-])c1c(C)cc(C)cc1C.C=C([O-])c1c(C)cc(C)cc1C.C=C([O-])c1c(C)cc(C)cc1C.Cc1ccccc1.Cc1ccccc1.[K+].[K+].[Zn+2].[Zn+2]. The van der Waals surface area contributed by atoms with Crippen LogP contribution >= 0.6 is 0 Å². The zero-order valence-corrected chi connectivity index (χ0v) is 71.0. The van der Waals surface area contributed by atoms with Crippen molar-refractivity contribution in [3.05, 3.63) is 318 Å². The van der Waals surface area contributed by atoms with Gasteiger partial charge in [0.15, 0.2) is 0 Å². The summed E-state index contributed by atoms with van der Waals surface area (Å²) in [4.78, 5) is 0. The zero-order chi connectivity index (χ0) is 66.0. The van der Waals surface area contributed by atoms with Crippen molar-refractivity contribution >= 4 is 34.6 Å². The first-order valence-corrected chi connectivity index (χ1v) is 28.6. The van der Waals surface area contributed by atoms with Gasteiger partial charge in [0.05, 0.1) is 0 Å². The van der Waals surface area contributed by atoms with Crippen molar-refractivity contribution in [1.29, 1.82) is 0 Å². The second-order valence-electron chi connectivity index (χ2n) is 22.5. The fourth-order valence-corrected chi connectivity index (χ4v) is 10.8. The van der Waals surface area contributed by atoms with Gasteiger partial charge in [-0.25, -0.2) is 0 Å². The smallest absolute Gasteiger partial charge is 0.872 e. The topological polar surface area (TPSA) is 138 Å². The number of hydrogen-bond donors (Lipinski definition) is 0. The molecule has 0 atom stereocenters. The zero-order valence-electron chi connectivity index (χ0n) is 58.8. The molecule has 0 radical (unpaired) electrons. The minimum absolute atomic E-state index is 0. The van der Waals surface area contributed by atoms with E-state index >= 15 is 0 Å². The van der Waals surface area contributed by atoms with Gasteiger partial charge in [-0.3, -0.25) is 0 Å².